The molecule has 1 aliphatic carbocycles. The van der Waals surface area contributed by atoms with Crippen molar-refractivity contribution in [3.63, 3.8) is 0 Å². The van der Waals surface area contributed by atoms with Crippen LogP contribution >= 0.6 is 7.91 Å². The molecule has 0 radical (unpaired) electrons. The molecule has 1 saturated carbocycles. The van der Waals surface area contributed by atoms with Gasteiger partial charge in [-0.05, 0) is 0 Å². The van der Waals surface area contributed by atoms with E-state index in [0.29, 0.717) is 0 Å². The van der Waals surface area contributed by atoms with E-state index in [-0.39, 0.29) is 0 Å². The third-order valence-electron chi connectivity index (χ3n) is 3.66. The summed E-state index contributed by atoms with van der Waals surface area (Å²) in [6, 6.07) is 0. The number of carbonyl (C=O) groups excluding carboxylic acids is 5. The van der Waals surface area contributed by atoms with Gasteiger partial charge in [0.1, 0.15) is 0 Å². The molecule has 6 atom stereocenters. The maximum atomic E-state index is 11.6. The van der Waals surface area contributed by atoms with Crippen molar-refractivity contribution >= 4 is 37.8 Å². The normalized spacial score (nSPS) is 27.9. The van der Waals surface area contributed by atoms with E-state index in [4.69, 9.17) is 28.2 Å². The average molecular weight is 452 g/mol. The van der Waals surface area contributed by atoms with Gasteiger partial charge < -0.3 is 23.7 Å². The summed E-state index contributed by atoms with van der Waals surface area (Å²) in [7, 11) is -3.61. The Bertz CT molecular complexity index is 721. The van der Waals surface area contributed by atoms with E-state index in [2.05, 4.69) is 0 Å². The van der Waals surface area contributed by atoms with Gasteiger partial charge in [-0.15, -0.1) is 0 Å². The van der Waals surface area contributed by atoms with E-state index in [1.54, 1.807) is 0 Å². The minimum absolute atomic E-state index is 0.910. The zero-order valence-corrected chi connectivity index (χ0v) is 17.6. The molecular weight excluding hydrogens is 431 g/mol. The first-order valence-electron chi connectivity index (χ1n) is 8.50. The SMILES string of the molecule is CC(=O)OC1C(OC(C)=O)[C@H](OC(C)=O)C(OP(=O)=O)C(OC(C)=O)[C@@H]1OC(C)=O. The van der Waals surface area contributed by atoms with E-state index < -0.39 is 74.4 Å². The fourth-order valence-electron chi connectivity index (χ4n) is 2.97. The van der Waals surface area contributed by atoms with Crippen LogP contribution in [-0.2, 0) is 61.3 Å². The number of rotatable bonds is 7. The van der Waals surface area contributed by atoms with Gasteiger partial charge in [0.2, 0.25) is 0 Å². The molecule has 1 fully saturated rings. The molecule has 0 heterocycles. The van der Waals surface area contributed by atoms with Crippen molar-refractivity contribution in [3.05, 3.63) is 0 Å². The monoisotopic (exact) mass is 452 g/mol. The molecule has 0 aromatic carbocycles. The van der Waals surface area contributed by atoms with E-state index in [9.17, 15) is 33.1 Å². The Morgan fingerprint density at radius 1 is 0.467 bits per heavy atom. The maximum Gasteiger partial charge on any atom is 0.468 e. The average Bonchev–Trinajstić information content (AvgIpc) is 2.55. The van der Waals surface area contributed by atoms with Crippen molar-refractivity contribution in [2.75, 3.05) is 0 Å². The number of carbonyl (C=O) groups is 5. The molecule has 0 bridgehead atoms. The Kier molecular flexibility index (Phi) is 9.12. The lowest BCUT2D eigenvalue weighted by molar-refractivity contribution is -0.251. The van der Waals surface area contributed by atoms with Crippen LogP contribution in [0.4, 0.5) is 0 Å². The summed E-state index contributed by atoms with van der Waals surface area (Å²) in [4.78, 5) is 58.2. The molecule has 30 heavy (non-hydrogen) atoms. The lowest BCUT2D eigenvalue weighted by atomic mass is 9.84. The van der Waals surface area contributed by atoms with Crippen LogP contribution in [0, 0.1) is 0 Å². The second-order valence-electron chi connectivity index (χ2n) is 6.16. The minimum atomic E-state index is -3.61. The lowest BCUT2D eigenvalue weighted by Crippen LogP contribution is -2.68. The van der Waals surface area contributed by atoms with Crippen LogP contribution in [0.5, 0.6) is 0 Å². The van der Waals surface area contributed by atoms with Crippen molar-refractivity contribution in [3.8, 4) is 0 Å². The first-order valence-corrected chi connectivity index (χ1v) is 9.60. The quantitative estimate of drug-likeness (QED) is 0.290. The van der Waals surface area contributed by atoms with E-state index in [1.807, 2.05) is 0 Å². The first-order chi connectivity index (χ1) is 13.8. The third kappa shape index (κ3) is 7.23. The number of ether oxygens (including phenoxy) is 5. The van der Waals surface area contributed by atoms with Crippen LogP contribution < -0.4 is 0 Å². The first kappa shape index (κ1) is 25.2. The van der Waals surface area contributed by atoms with Crippen LogP contribution in [0.25, 0.3) is 0 Å². The highest BCUT2D eigenvalue weighted by Crippen LogP contribution is 2.36. The predicted octanol–water partition coefficient (Wildman–Crippen LogP) is 0.132. The van der Waals surface area contributed by atoms with Gasteiger partial charge >= 0.3 is 37.8 Å². The Morgan fingerprint density at radius 2 is 0.667 bits per heavy atom. The zero-order valence-electron chi connectivity index (χ0n) is 16.7. The highest BCUT2D eigenvalue weighted by molar-refractivity contribution is 7.24. The number of esters is 5. The standard InChI is InChI=1S/C16H21O13P/c1-6(17)24-11-12(25-7(2)18)14(27-9(4)20)16(29-30(22)23)15(28-10(5)21)13(11)26-8(3)19/h11-16H,1-5H3/t11?,12-,13?,14?,15+,16?/m1/s1. The van der Waals surface area contributed by atoms with Gasteiger partial charge in [0.25, 0.3) is 0 Å². The Balaban J connectivity index is 3.68. The largest absolute Gasteiger partial charge is 0.468 e. The van der Waals surface area contributed by atoms with Gasteiger partial charge in [0, 0.05) is 34.6 Å². The summed E-state index contributed by atoms with van der Waals surface area (Å²) in [5, 5.41) is 0. The van der Waals surface area contributed by atoms with Crippen LogP contribution in [0.15, 0.2) is 0 Å². The van der Waals surface area contributed by atoms with Crippen LogP contribution in [0.1, 0.15) is 34.6 Å². The van der Waals surface area contributed by atoms with E-state index in [1.165, 1.54) is 0 Å². The molecule has 0 saturated heterocycles. The summed E-state index contributed by atoms with van der Waals surface area (Å²) >= 11 is 0. The summed E-state index contributed by atoms with van der Waals surface area (Å²) < 4.78 is 52.8. The molecule has 0 aromatic rings. The van der Waals surface area contributed by atoms with Crippen LogP contribution in [-0.4, -0.2) is 66.5 Å². The smallest absolute Gasteiger partial charge is 0.455 e. The Hall–Kier alpha value is -2.79. The summed E-state index contributed by atoms with van der Waals surface area (Å²) in [6.45, 7) is 4.91. The Morgan fingerprint density at radius 3 is 0.833 bits per heavy atom. The molecule has 1 aliphatic rings. The van der Waals surface area contributed by atoms with Gasteiger partial charge in [-0.2, -0.15) is 0 Å². The van der Waals surface area contributed by atoms with E-state index >= 15 is 0 Å². The second kappa shape index (κ2) is 10.8. The minimum Gasteiger partial charge on any atom is -0.455 e. The van der Waals surface area contributed by atoms with Crippen LogP contribution in [0.2, 0.25) is 0 Å². The second-order valence-corrected chi connectivity index (χ2v) is 6.82. The molecule has 0 N–H and O–H groups in total. The highest BCUT2D eigenvalue weighted by Gasteiger charge is 2.60. The summed E-state index contributed by atoms with van der Waals surface area (Å²) in [6.07, 6.45) is -10.2. The fourth-order valence-corrected chi connectivity index (χ4v) is 3.41. The third-order valence-corrected chi connectivity index (χ3v) is 4.08. The van der Waals surface area contributed by atoms with Gasteiger partial charge in [-0.1, -0.05) is 0 Å². The molecular formula is C16H21O13P. The predicted molar refractivity (Wildman–Crippen MR) is 90.9 cm³/mol. The van der Waals surface area contributed by atoms with Crippen molar-refractivity contribution in [2.45, 2.75) is 71.2 Å². The topological polar surface area (TPSA) is 175 Å². The molecule has 4 unspecified atom stereocenters. The molecule has 13 nitrogen and oxygen atoms in total. The van der Waals surface area contributed by atoms with Gasteiger partial charge in [-0.25, -0.2) is 9.13 Å². The van der Waals surface area contributed by atoms with Crippen molar-refractivity contribution < 1.29 is 61.3 Å². The molecule has 0 spiro atoms. The molecule has 0 amide bonds. The van der Waals surface area contributed by atoms with Crippen molar-refractivity contribution in [1.29, 1.82) is 0 Å². The molecule has 14 heteroatoms. The van der Waals surface area contributed by atoms with Crippen LogP contribution in [0.3, 0.4) is 0 Å². The van der Waals surface area contributed by atoms with Crippen molar-refractivity contribution in [2.24, 2.45) is 0 Å². The molecule has 1 rings (SSSR count). The van der Waals surface area contributed by atoms with Gasteiger partial charge in [0.15, 0.2) is 36.6 Å². The molecule has 168 valence electrons. The number of hydrogen-bond acceptors (Lipinski definition) is 13. The Labute approximate surface area is 171 Å². The highest BCUT2D eigenvalue weighted by atomic mass is 31.1. The zero-order chi connectivity index (χ0) is 23.2. The lowest BCUT2D eigenvalue weighted by Gasteiger charge is -2.46. The van der Waals surface area contributed by atoms with E-state index in [0.717, 1.165) is 34.6 Å². The van der Waals surface area contributed by atoms with Gasteiger partial charge in [0.05, 0.1) is 0 Å². The number of hydrogen-bond donors (Lipinski definition) is 0. The molecule has 0 aromatic heterocycles. The van der Waals surface area contributed by atoms with Gasteiger partial charge in [-0.3, -0.25) is 28.5 Å². The molecule has 0 aliphatic heterocycles. The maximum absolute atomic E-state index is 11.6. The fraction of sp³-hybridized carbons (Fsp3) is 0.688. The summed E-state index contributed by atoms with van der Waals surface area (Å²) in [5.74, 6) is -4.65. The van der Waals surface area contributed by atoms with Crippen molar-refractivity contribution in [1.82, 2.24) is 0 Å². The summed E-state index contributed by atoms with van der Waals surface area (Å²) in [5.41, 5.74) is 0.